The van der Waals surface area contributed by atoms with Crippen molar-refractivity contribution in [1.29, 1.82) is 0 Å². The van der Waals surface area contributed by atoms with Crippen LogP contribution in [-0.4, -0.2) is 25.0 Å². The first-order valence-electron chi connectivity index (χ1n) is 10.6. The first-order chi connectivity index (χ1) is 14.3. The number of methoxy groups -OCH3 is 1. The lowest BCUT2D eigenvalue weighted by Crippen LogP contribution is -2.98. The number of rotatable bonds is 5. The zero-order valence-electron chi connectivity index (χ0n) is 18.0. The van der Waals surface area contributed by atoms with Crippen LogP contribution in [0.4, 0.5) is 11.4 Å². The molecular weight excluding hydrogens is 378 g/mol. The summed E-state index contributed by atoms with van der Waals surface area (Å²) < 4.78 is 5.19. The van der Waals surface area contributed by atoms with E-state index in [2.05, 4.69) is 35.9 Å². The molecule has 0 aromatic heterocycles. The molecule has 3 atom stereocenters. The summed E-state index contributed by atoms with van der Waals surface area (Å²) in [6.45, 7) is 6.37. The van der Waals surface area contributed by atoms with Gasteiger partial charge in [-0.15, -0.1) is 0 Å². The van der Waals surface area contributed by atoms with E-state index in [-0.39, 0.29) is 17.9 Å². The summed E-state index contributed by atoms with van der Waals surface area (Å²) in [5, 5.41) is 8.20. The molecule has 6 nitrogen and oxygen atoms in total. The molecule has 1 fully saturated rings. The molecule has 4 N–H and O–H groups in total. The minimum Gasteiger partial charge on any atom is -0.497 e. The third-order valence-electron chi connectivity index (χ3n) is 6.28. The van der Waals surface area contributed by atoms with Crippen LogP contribution in [0.3, 0.4) is 0 Å². The van der Waals surface area contributed by atoms with Gasteiger partial charge in [-0.2, -0.15) is 0 Å². The van der Waals surface area contributed by atoms with Crippen LogP contribution in [0.5, 0.6) is 5.75 Å². The molecule has 2 heterocycles. The number of carbonyl (C=O) groups is 2. The second-order valence-corrected chi connectivity index (χ2v) is 8.93. The highest BCUT2D eigenvalue weighted by atomic mass is 16.5. The minimum atomic E-state index is -0.919. The number of nitrogens with two attached hydrogens (primary N) is 1. The van der Waals surface area contributed by atoms with E-state index in [0.717, 1.165) is 29.0 Å². The first kappa shape index (κ1) is 20.4. The molecular formula is C24H30N3O3+. The van der Waals surface area contributed by atoms with Gasteiger partial charge >= 0.3 is 0 Å². The van der Waals surface area contributed by atoms with Crippen molar-refractivity contribution >= 4 is 23.2 Å². The van der Waals surface area contributed by atoms with Crippen LogP contribution >= 0.6 is 0 Å². The monoisotopic (exact) mass is 408 g/mol. The summed E-state index contributed by atoms with van der Waals surface area (Å²) in [6.07, 6.45) is 1.63. The fourth-order valence-corrected chi connectivity index (χ4v) is 5.00. The van der Waals surface area contributed by atoms with Gasteiger partial charge in [0.1, 0.15) is 11.7 Å². The molecule has 0 bridgehead atoms. The zero-order valence-corrected chi connectivity index (χ0v) is 18.0. The Bertz CT molecular complexity index is 970. The zero-order chi connectivity index (χ0) is 21.5. The predicted molar refractivity (Wildman–Crippen MR) is 116 cm³/mol. The van der Waals surface area contributed by atoms with Crippen LogP contribution < -0.4 is 20.7 Å². The van der Waals surface area contributed by atoms with Crippen molar-refractivity contribution in [3.63, 3.8) is 0 Å². The number of hydrogen-bond donors (Lipinski definition) is 3. The van der Waals surface area contributed by atoms with Crippen molar-refractivity contribution in [2.45, 2.75) is 45.2 Å². The minimum absolute atomic E-state index is 0.0933. The molecule has 0 radical (unpaired) electrons. The summed E-state index contributed by atoms with van der Waals surface area (Å²) in [7, 11) is 1.61. The third-order valence-corrected chi connectivity index (χ3v) is 6.28. The van der Waals surface area contributed by atoms with E-state index in [4.69, 9.17) is 4.74 Å². The topological polar surface area (TPSA) is 84.0 Å². The second kappa shape index (κ2) is 7.76. The third kappa shape index (κ3) is 3.45. The molecule has 6 heteroatoms. The molecule has 0 saturated carbocycles. The van der Waals surface area contributed by atoms with Gasteiger partial charge in [0, 0.05) is 24.1 Å². The number of hydrogen-bond acceptors (Lipinski definition) is 3. The van der Waals surface area contributed by atoms with Gasteiger partial charge in [0.2, 0.25) is 11.4 Å². The summed E-state index contributed by atoms with van der Waals surface area (Å²) in [5.41, 5.74) is 2.60. The average molecular weight is 409 g/mol. The molecule has 30 heavy (non-hydrogen) atoms. The Morgan fingerprint density at radius 2 is 2.00 bits per heavy atom. The highest BCUT2D eigenvalue weighted by Crippen LogP contribution is 2.44. The summed E-state index contributed by atoms with van der Waals surface area (Å²) in [4.78, 5) is 26.8. The Kier molecular flexibility index (Phi) is 5.28. The van der Waals surface area contributed by atoms with Crippen LogP contribution in [0.15, 0.2) is 42.5 Å². The van der Waals surface area contributed by atoms with Crippen LogP contribution in [0.25, 0.3) is 0 Å². The fraction of sp³-hybridized carbons (Fsp3) is 0.417. The van der Waals surface area contributed by atoms with Gasteiger partial charge in [-0.1, -0.05) is 25.5 Å². The van der Waals surface area contributed by atoms with Crippen molar-refractivity contribution in [3.05, 3.63) is 53.6 Å². The molecule has 2 aliphatic rings. The largest absolute Gasteiger partial charge is 0.497 e. The number of fused-ring (bicyclic) bond motifs is 2. The van der Waals surface area contributed by atoms with Crippen LogP contribution in [0.1, 0.15) is 37.8 Å². The number of benzene rings is 2. The molecule has 2 aromatic rings. The van der Waals surface area contributed by atoms with E-state index in [9.17, 15) is 9.59 Å². The maximum atomic E-state index is 13.5. The van der Waals surface area contributed by atoms with E-state index < -0.39 is 11.5 Å². The molecule has 1 saturated heterocycles. The lowest BCUT2D eigenvalue weighted by Gasteiger charge is -2.26. The maximum absolute atomic E-state index is 13.5. The molecule has 0 unspecified atom stereocenters. The number of amides is 2. The molecule has 0 aliphatic carbocycles. The number of carbonyl (C=O) groups excluding carboxylic acids is 2. The van der Waals surface area contributed by atoms with Crippen molar-refractivity contribution in [2.75, 3.05) is 17.7 Å². The van der Waals surface area contributed by atoms with Gasteiger partial charge in [-0.25, -0.2) is 0 Å². The number of aryl methyl sites for hydroxylation is 1. The standard InChI is InChI=1S/C24H29N3O3/c1-14(2)11-17-13-20(22(28)25-16-6-8-18(30-4)9-7-16)24(27-17)19-12-15(3)5-10-21(19)26-23(24)29/h5-10,12,14,17,20,27H,11,13H2,1-4H3,(H,25,28)(H,26,29)/p+1/t17-,20+,24-/m0/s1. The number of quaternary nitrogens is 1. The molecule has 158 valence electrons. The SMILES string of the molecule is COc1ccc(NC(=O)[C@H]2C[C@H](CC(C)C)[NH2+][C@]23C(=O)Nc2ccc(C)cc23)cc1. The molecule has 1 spiro atoms. The normalized spacial score (nSPS) is 24.8. The smallest absolute Gasteiger partial charge is 0.291 e. The van der Waals surface area contributed by atoms with Gasteiger partial charge in [-0.05, 0) is 49.2 Å². The van der Waals surface area contributed by atoms with Crippen molar-refractivity contribution in [2.24, 2.45) is 11.8 Å². The fourth-order valence-electron chi connectivity index (χ4n) is 5.00. The number of ether oxygens (including phenoxy) is 1. The quantitative estimate of drug-likeness (QED) is 0.711. The van der Waals surface area contributed by atoms with E-state index in [1.807, 2.05) is 43.3 Å². The first-order valence-corrected chi connectivity index (χ1v) is 10.6. The molecule has 2 aliphatic heterocycles. The highest BCUT2D eigenvalue weighted by Gasteiger charge is 2.64. The Labute approximate surface area is 177 Å². The number of nitrogens with one attached hydrogen (secondary N) is 2. The molecule has 2 amide bonds. The molecule has 4 rings (SSSR count). The summed E-state index contributed by atoms with van der Waals surface area (Å²) in [6, 6.07) is 13.5. The van der Waals surface area contributed by atoms with Gasteiger partial charge in [0.05, 0.1) is 18.8 Å². The van der Waals surface area contributed by atoms with E-state index >= 15 is 0 Å². The lowest BCUT2D eigenvalue weighted by atomic mass is 9.79. The van der Waals surface area contributed by atoms with Gasteiger partial charge < -0.3 is 20.7 Å². The van der Waals surface area contributed by atoms with Crippen molar-refractivity contribution in [1.82, 2.24) is 0 Å². The average Bonchev–Trinajstić information content (AvgIpc) is 3.21. The molecule has 2 aromatic carbocycles. The van der Waals surface area contributed by atoms with E-state index in [1.54, 1.807) is 7.11 Å². The maximum Gasteiger partial charge on any atom is 0.291 e. The number of anilines is 2. The Morgan fingerprint density at radius 3 is 2.67 bits per heavy atom. The summed E-state index contributed by atoms with van der Waals surface area (Å²) in [5.74, 6) is 0.561. The summed E-state index contributed by atoms with van der Waals surface area (Å²) >= 11 is 0. The van der Waals surface area contributed by atoms with Crippen LogP contribution in [0, 0.1) is 18.8 Å². The Hall–Kier alpha value is -2.86. The van der Waals surface area contributed by atoms with E-state index in [0.29, 0.717) is 18.0 Å². The second-order valence-electron chi connectivity index (χ2n) is 8.93. The van der Waals surface area contributed by atoms with Crippen molar-refractivity contribution in [3.8, 4) is 5.75 Å². The Balaban J connectivity index is 1.69. The van der Waals surface area contributed by atoms with E-state index in [1.165, 1.54) is 0 Å². The van der Waals surface area contributed by atoms with Gasteiger partial charge in [0.15, 0.2) is 0 Å². The van der Waals surface area contributed by atoms with Crippen molar-refractivity contribution < 1.29 is 19.6 Å². The van der Waals surface area contributed by atoms with Gasteiger partial charge in [-0.3, -0.25) is 9.59 Å². The Morgan fingerprint density at radius 1 is 1.27 bits per heavy atom. The highest BCUT2D eigenvalue weighted by molar-refractivity contribution is 6.09. The van der Waals surface area contributed by atoms with Crippen LogP contribution in [-0.2, 0) is 15.1 Å². The lowest BCUT2D eigenvalue weighted by molar-refractivity contribution is -0.733. The predicted octanol–water partition coefficient (Wildman–Crippen LogP) is 2.79. The van der Waals surface area contributed by atoms with Gasteiger partial charge in [0.25, 0.3) is 5.91 Å². The van der Waals surface area contributed by atoms with Crippen LogP contribution in [0.2, 0.25) is 0 Å².